The highest BCUT2D eigenvalue weighted by Gasteiger charge is 2.15. The highest BCUT2D eigenvalue weighted by molar-refractivity contribution is 5.87. The molecule has 0 saturated carbocycles. The average molecular weight is 196 g/mol. The maximum atomic E-state index is 11.4. The lowest BCUT2D eigenvalue weighted by molar-refractivity contribution is 0.0513. The van der Waals surface area contributed by atoms with E-state index in [0.717, 1.165) is 5.69 Å². The molecule has 78 valence electrons. The average Bonchev–Trinajstić information content (AvgIpc) is 2.48. The first kappa shape index (κ1) is 10.8. The van der Waals surface area contributed by atoms with Crippen molar-refractivity contribution in [3.63, 3.8) is 0 Å². The first-order valence-corrected chi connectivity index (χ1v) is 4.77. The zero-order valence-corrected chi connectivity index (χ0v) is 9.07. The molecule has 4 heteroatoms. The number of aryl methyl sites for hydroxylation is 1. The summed E-state index contributed by atoms with van der Waals surface area (Å²) in [5, 5.41) is 4.23. The molecule has 1 aromatic heterocycles. The summed E-state index contributed by atoms with van der Waals surface area (Å²) in [6.07, 6.45) is 0. The molecule has 0 spiro atoms. The summed E-state index contributed by atoms with van der Waals surface area (Å²) in [4.78, 5) is 11.4. The van der Waals surface area contributed by atoms with Gasteiger partial charge >= 0.3 is 5.97 Å². The van der Waals surface area contributed by atoms with Crippen LogP contribution in [0.15, 0.2) is 6.07 Å². The third-order valence-corrected chi connectivity index (χ3v) is 1.97. The molecule has 0 amide bonds. The van der Waals surface area contributed by atoms with E-state index in [2.05, 4.69) is 5.10 Å². The Morgan fingerprint density at radius 2 is 2.29 bits per heavy atom. The molecular weight excluding hydrogens is 180 g/mol. The molecule has 0 aliphatic carbocycles. The van der Waals surface area contributed by atoms with Crippen LogP contribution < -0.4 is 0 Å². The molecule has 1 rings (SSSR count). The summed E-state index contributed by atoms with van der Waals surface area (Å²) < 4.78 is 6.46. The van der Waals surface area contributed by atoms with Crippen molar-refractivity contribution in [3.8, 4) is 0 Å². The molecule has 4 nitrogen and oxygen atoms in total. The van der Waals surface area contributed by atoms with Gasteiger partial charge in [-0.3, -0.25) is 4.68 Å². The summed E-state index contributed by atoms with van der Waals surface area (Å²) in [7, 11) is 1.75. The van der Waals surface area contributed by atoms with Gasteiger partial charge in [0.1, 0.15) is 5.69 Å². The van der Waals surface area contributed by atoms with E-state index in [-0.39, 0.29) is 5.97 Å². The van der Waals surface area contributed by atoms with Crippen molar-refractivity contribution < 1.29 is 9.53 Å². The molecular formula is C10H16N2O2. The second kappa shape index (κ2) is 4.26. The predicted octanol–water partition coefficient (Wildman–Crippen LogP) is 1.72. The van der Waals surface area contributed by atoms with Gasteiger partial charge in [0.05, 0.1) is 12.3 Å². The topological polar surface area (TPSA) is 44.1 Å². The van der Waals surface area contributed by atoms with E-state index in [1.54, 1.807) is 24.7 Å². The molecule has 0 radical (unpaired) electrons. The Balaban J connectivity index is 2.92. The smallest absolute Gasteiger partial charge is 0.356 e. The Bertz CT molecular complexity index is 329. The molecule has 1 heterocycles. The van der Waals surface area contributed by atoms with Crippen LogP contribution in [0.1, 0.15) is 42.9 Å². The van der Waals surface area contributed by atoms with Gasteiger partial charge in [-0.1, -0.05) is 13.8 Å². The Morgan fingerprint density at radius 3 is 2.71 bits per heavy atom. The minimum Gasteiger partial charge on any atom is -0.461 e. The van der Waals surface area contributed by atoms with E-state index >= 15 is 0 Å². The van der Waals surface area contributed by atoms with Crippen LogP contribution in [0.3, 0.4) is 0 Å². The number of hydrogen-bond acceptors (Lipinski definition) is 3. The number of carbonyl (C=O) groups excluding carboxylic acids is 1. The fraction of sp³-hybridized carbons (Fsp3) is 0.600. The third-order valence-electron chi connectivity index (χ3n) is 1.97. The van der Waals surface area contributed by atoms with E-state index in [1.807, 2.05) is 13.8 Å². The summed E-state index contributed by atoms with van der Waals surface area (Å²) in [5.74, 6) is 0.0128. The van der Waals surface area contributed by atoms with E-state index in [4.69, 9.17) is 4.74 Å². The number of aromatic nitrogens is 2. The van der Waals surface area contributed by atoms with E-state index < -0.39 is 0 Å². The van der Waals surface area contributed by atoms with E-state index in [1.165, 1.54) is 0 Å². The zero-order valence-electron chi connectivity index (χ0n) is 9.07. The van der Waals surface area contributed by atoms with Crippen LogP contribution in [-0.4, -0.2) is 22.4 Å². The first-order valence-electron chi connectivity index (χ1n) is 4.77. The Kier molecular flexibility index (Phi) is 3.28. The maximum Gasteiger partial charge on any atom is 0.356 e. The molecule has 0 N–H and O–H groups in total. The van der Waals surface area contributed by atoms with Gasteiger partial charge in [0.25, 0.3) is 0 Å². The Labute approximate surface area is 83.9 Å². The molecule has 14 heavy (non-hydrogen) atoms. The third kappa shape index (κ3) is 2.13. The van der Waals surface area contributed by atoms with Crippen molar-refractivity contribution >= 4 is 5.97 Å². The summed E-state index contributed by atoms with van der Waals surface area (Å²) >= 11 is 0. The van der Waals surface area contributed by atoms with Crippen molar-refractivity contribution in [2.45, 2.75) is 26.7 Å². The summed E-state index contributed by atoms with van der Waals surface area (Å²) in [6, 6.07) is 1.78. The molecule has 0 bridgehead atoms. The Morgan fingerprint density at radius 1 is 1.64 bits per heavy atom. The van der Waals surface area contributed by atoms with Gasteiger partial charge in [0, 0.05) is 7.05 Å². The van der Waals surface area contributed by atoms with Gasteiger partial charge in [0.15, 0.2) is 0 Å². The second-order valence-corrected chi connectivity index (χ2v) is 3.45. The number of ether oxygens (including phenoxy) is 1. The molecule has 0 fully saturated rings. The standard InChI is InChI=1S/C10H16N2O2/c1-5-14-10(13)9-6-8(7(2)3)11-12(9)4/h6-7H,5H2,1-4H3. The number of carbonyl (C=O) groups is 1. The number of rotatable bonds is 3. The minimum absolute atomic E-state index is 0.311. The van der Waals surface area contributed by atoms with Gasteiger partial charge in [-0.05, 0) is 18.9 Å². The van der Waals surface area contributed by atoms with E-state index in [0.29, 0.717) is 18.2 Å². The molecule has 1 aromatic rings. The van der Waals surface area contributed by atoms with Crippen LogP contribution in [0, 0.1) is 0 Å². The Hall–Kier alpha value is -1.32. The van der Waals surface area contributed by atoms with Crippen molar-refractivity contribution in [1.82, 2.24) is 9.78 Å². The van der Waals surface area contributed by atoms with Gasteiger partial charge in [0.2, 0.25) is 0 Å². The molecule has 0 atom stereocenters. The minimum atomic E-state index is -0.311. The van der Waals surface area contributed by atoms with Crippen LogP contribution in [0.2, 0.25) is 0 Å². The zero-order chi connectivity index (χ0) is 10.7. The lowest BCUT2D eigenvalue weighted by Crippen LogP contribution is -2.10. The maximum absolute atomic E-state index is 11.4. The van der Waals surface area contributed by atoms with E-state index in [9.17, 15) is 4.79 Å². The van der Waals surface area contributed by atoms with Crippen molar-refractivity contribution in [2.24, 2.45) is 7.05 Å². The lowest BCUT2D eigenvalue weighted by Gasteiger charge is -2.00. The SMILES string of the molecule is CCOC(=O)c1cc(C(C)C)nn1C. The highest BCUT2D eigenvalue weighted by atomic mass is 16.5. The molecule has 0 aliphatic rings. The largest absolute Gasteiger partial charge is 0.461 e. The predicted molar refractivity (Wildman–Crippen MR) is 53.3 cm³/mol. The van der Waals surface area contributed by atoms with Crippen LogP contribution in [0.25, 0.3) is 0 Å². The van der Waals surface area contributed by atoms with Crippen LogP contribution in [-0.2, 0) is 11.8 Å². The summed E-state index contributed by atoms with van der Waals surface area (Å²) in [6.45, 7) is 6.26. The van der Waals surface area contributed by atoms with Gasteiger partial charge in [-0.2, -0.15) is 5.10 Å². The quantitative estimate of drug-likeness (QED) is 0.691. The van der Waals surface area contributed by atoms with Gasteiger partial charge in [-0.25, -0.2) is 4.79 Å². The van der Waals surface area contributed by atoms with Crippen LogP contribution >= 0.6 is 0 Å². The molecule has 0 aliphatic heterocycles. The van der Waals surface area contributed by atoms with Crippen molar-refractivity contribution in [1.29, 1.82) is 0 Å². The molecule has 0 aromatic carbocycles. The van der Waals surface area contributed by atoms with Gasteiger partial charge < -0.3 is 4.74 Å². The monoisotopic (exact) mass is 196 g/mol. The lowest BCUT2D eigenvalue weighted by atomic mass is 10.1. The number of esters is 1. The highest BCUT2D eigenvalue weighted by Crippen LogP contribution is 2.14. The van der Waals surface area contributed by atoms with Gasteiger partial charge in [-0.15, -0.1) is 0 Å². The van der Waals surface area contributed by atoms with Crippen molar-refractivity contribution in [2.75, 3.05) is 6.61 Å². The van der Waals surface area contributed by atoms with Crippen LogP contribution in [0.5, 0.6) is 0 Å². The fourth-order valence-corrected chi connectivity index (χ4v) is 1.17. The molecule has 0 saturated heterocycles. The fourth-order valence-electron chi connectivity index (χ4n) is 1.17. The molecule has 0 unspecified atom stereocenters. The van der Waals surface area contributed by atoms with Crippen LogP contribution in [0.4, 0.5) is 0 Å². The second-order valence-electron chi connectivity index (χ2n) is 3.45. The number of nitrogens with zero attached hydrogens (tertiary/aromatic N) is 2. The normalized spacial score (nSPS) is 10.6. The first-order chi connectivity index (χ1) is 6.56. The van der Waals surface area contributed by atoms with Crippen molar-refractivity contribution in [3.05, 3.63) is 17.5 Å². The number of hydrogen-bond donors (Lipinski definition) is 0. The summed E-state index contributed by atoms with van der Waals surface area (Å²) in [5.41, 5.74) is 1.42.